The van der Waals surface area contributed by atoms with Gasteiger partial charge in [0.25, 0.3) is 0 Å². The Hall–Kier alpha value is -0.820. The summed E-state index contributed by atoms with van der Waals surface area (Å²) in [6.45, 7) is 10.4. The smallest absolute Gasteiger partial charge is 0.0468 e. The summed E-state index contributed by atoms with van der Waals surface area (Å²) in [4.78, 5) is 0. The van der Waals surface area contributed by atoms with E-state index in [1.165, 1.54) is 18.4 Å². The fraction of sp³-hybridized carbons (Fsp3) is 0.625. The molecule has 1 aromatic rings. The van der Waals surface area contributed by atoms with Crippen molar-refractivity contribution in [2.45, 2.75) is 47.0 Å². The molecule has 0 saturated carbocycles. The molecule has 0 unspecified atom stereocenters. The molecule has 1 aromatic carbocycles. The maximum absolute atomic E-state index is 5.14. The van der Waals surface area contributed by atoms with Crippen molar-refractivity contribution >= 4 is 0 Å². The van der Waals surface area contributed by atoms with Crippen LogP contribution in [0.4, 0.5) is 0 Å². The van der Waals surface area contributed by atoms with E-state index in [0.29, 0.717) is 0 Å². The third-order valence-corrected chi connectivity index (χ3v) is 2.76. The molecule has 1 saturated heterocycles. The van der Waals surface area contributed by atoms with Crippen LogP contribution in [0.25, 0.3) is 0 Å². The first-order chi connectivity index (χ1) is 8.33. The van der Waals surface area contributed by atoms with E-state index < -0.39 is 0 Å². The minimum atomic E-state index is 0.911. The fourth-order valence-corrected chi connectivity index (χ4v) is 1.53. The van der Waals surface area contributed by atoms with Gasteiger partial charge in [-0.15, -0.1) is 0 Å². The Labute approximate surface area is 107 Å². The largest absolute Gasteiger partial charge is 0.381 e. The number of hydrogen-bond donors (Lipinski definition) is 0. The quantitative estimate of drug-likeness (QED) is 0.686. The Morgan fingerprint density at radius 1 is 1.06 bits per heavy atom. The van der Waals surface area contributed by atoms with Gasteiger partial charge in [0.2, 0.25) is 0 Å². The molecule has 0 aromatic heterocycles. The average Bonchev–Trinajstić information content (AvgIpc) is 2.43. The summed E-state index contributed by atoms with van der Waals surface area (Å²) >= 11 is 0. The number of aryl methyl sites for hydroxylation is 1. The van der Waals surface area contributed by atoms with Crippen molar-refractivity contribution in [3.8, 4) is 0 Å². The van der Waals surface area contributed by atoms with Gasteiger partial charge in [-0.3, -0.25) is 0 Å². The summed E-state index contributed by atoms with van der Waals surface area (Å²) in [6, 6.07) is 10.5. The van der Waals surface area contributed by atoms with Crippen LogP contribution in [0, 0.1) is 5.92 Å². The van der Waals surface area contributed by atoms with Crippen LogP contribution in [0.3, 0.4) is 0 Å². The third-order valence-electron chi connectivity index (χ3n) is 2.76. The van der Waals surface area contributed by atoms with Crippen LogP contribution in [0.5, 0.6) is 0 Å². The topological polar surface area (TPSA) is 9.23 Å². The molecule has 1 fully saturated rings. The summed E-state index contributed by atoms with van der Waals surface area (Å²) < 4.78 is 5.14. The lowest BCUT2D eigenvalue weighted by atomic mass is 10.0. The summed E-state index contributed by atoms with van der Waals surface area (Å²) in [5, 5.41) is 0. The minimum absolute atomic E-state index is 0.911. The molecule has 0 N–H and O–H groups in total. The van der Waals surface area contributed by atoms with Gasteiger partial charge >= 0.3 is 0 Å². The van der Waals surface area contributed by atoms with Gasteiger partial charge in [-0.1, -0.05) is 58.0 Å². The van der Waals surface area contributed by atoms with Gasteiger partial charge < -0.3 is 4.74 Å². The molecule has 0 amide bonds. The summed E-state index contributed by atoms with van der Waals surface area (Å²) in [6.07, 6.45) is 3.67. The van der Waals surface area contributed by atoms with Crippen LogP contribution < -0.4 is 0 Å². The molecule has 0 spiro atoms. The predicted molar refractivity (Wildman–Crippen MR) is 76.4 cm³/mol. The zero-order valence-electron chi connectivity index (χ0n) is 11.9. The maximum atomic E-state index is 5.14. The van der Waals surface area contributed by atoms with E-state index in [9.17, 15) is 0 Å². The van der Waals surface area contributed by atoms with Crippen molar-refractivity contribution in [3.63, 3.8) is 0 Å². The van der Waals surface area contributed by atoms with E-state index in [-0.39, 0.29) is 0 Å². The molecule has 1 aliphatic heterocycles. The molecule has 0 atom stereocenters. The van der Waals surface area contributed by atoms with Crippen molar-refractivity contribution in [2.75, 3.05) is 13.2 Å². The van der Waals surface area contributed by atoms with Gasteiger partial charge in [-0.25, -0.2) is 0 Å². The van der Waals surface area contributed by atoms with Gasteiger partial charge in [-0.05, 0) is 30.7 Å². The predicted octanol–water partition coefficient (Wildman–Crippen LogP) is 4.71. The van der Waals surface area contributed by atoms with E-state index in [4.69, 9.17) is 4.74 Å². The molecule has 0 bridgehead atoms. The molecule has 2 rings (SSSR count). The maximum Gasteiger partial charge on any atom is 0.0468 e. The van der Waals surface area contributed by atoms with Gasteiger partial charge in [0.05, 0.1) is 0 Å². The molecule has 1 nitrogen and oxygen atoms in total. The zero-order valence-corrected chi connectivity index (χ0v) is 11.9. The summed E-state index contributed by atoms with van der Waals surface area (Å²) in [7, 11) is 0. The molecule has 1 heterocycles. The van der Waals surface area contributed by atoms with Gasteiger partial charge in [-0.2, -0.15) is 0 Å². The van der Waals surface area contributed by atoms with E-state index in [0.717, 1.165) is 25.6 Å². The molecule has 1 aliphatic rings. The van der Waals surface area contributed by atoms with Crippen LogP contribution >= 0.6 is 0 Å². The van der Waals surface area contributed by atoms with E-state index in [1.54, 1.807) is 0 Å². The van der Waals surface area contributed by atoms with Gasteiger partial charge in [0, 0.05) is 13.2 Å². The second-order valence-corrected chi connectivity index (χ2v) is 4.13. The summed E-state index contributed by atoms with van der Waals surface area (Å²) in [5.41, 5.74) is 1.41. The lowest BCUT2D eigenvalue weighted by Crippen LogP contribution is -2.12. The lowest BCUT2D eigenvalue weighted by molar-refractivity contribution is 0.0716. The van der Waals surface area contributed by atoms with Crippen molar-refractivity contribution in [2.24, 2.45) is 5.92 Å². The Balaban J connectivity index is 0.000000265. The Morgan fingerprint density at radius 2 is 1.59 bits per heavy atom. The minimum Gasteiger partial charge on any atom is -0.381 e. The Morgan fingerprint density at radius 3 is 1.88 bits per heavy atom. The second kappa shape index (κ2) is 11.7. The highest BCUT2D eigenvalue weighted by atomic mass is 16.5. The molecule has 98 valence electrons. The molecule has 0 aliphatic carbocycles. The first-order valence-corrected chi connectivity index (χ1v) is 6.94. The number of rotatable bonds is 1. The second-order valence-electron chi connectivity index (χ2n) is 4.13. The van der Waals surface area contributed by atoms with Crippen LogP contribution in [-0.4, -0.2) is 13.2 Å². The fourth-order valence-electron chi connectivity index (χ4n) is 1.53. The van der Waals surface area contributed by atoms with Crippen molar-refractivity contribution in [1.29, 1.82) is 0 Å². The first kappa shape index (κ1) is 16.2. The number of hydrogen-bond acceptors (Lipinski definition) is 1. The molecule has 0 radical (unpaired) electrons. The van der Waals surface area contributed by atoms with Crippen molar-refractivity contribution < 1.29 is 4.74 Å². The SMILES string of the molecule is CC.CC1CCOCC1.CCc1ccccc1. The highest BCUT2D eigenvalue weighted by molar-refractivity contribution is 5.13. The average molecular weight is 236 g/mol. The summed E-state index contributed by atoms with van der Waals surface area (Å²) in [5.74, 6) is 0.911. The van der Waals surface area contributed by atoms with Crippen molar-refractivity contribution in [3.05, 3.63) is 35.9 Å². The van der Waals surface area contributed by atoms with E-state index in [1.807, 2.05) is 19.9 Å². The Bertz CT molecular complexity index is 237. The molecule has 17 heavy (non-hydrogen) atoms. The van der Waals surface area contributed by atoms with Crippen molar-refractivity contribution in [1.82, 2.24) is 0 Å². The first-order valence-electron chi connectivity index (χ1n) is 6.94. The van der Waals surface area contributed by atoms with Gasteiger partial charge in [0.1, 0.15) is 0 Å². The van der Waals surface area contributed by atoms with E-state index >= 15 is 0 Å². The molecular weight excluding hydrogens is 208 g/mol. The van der Waals surface area contributed by atoms with E-state index in [2.05, 4.69) is 38.1 Å². The number of ether oxygens (including phenoxy) is 1. The monoisotopic (exact) mass is 236 g/mol. The zero-order chi connectivity index (χ0) is 12.9. The molecule has 1 heteroatoms. The Kier molecular flexibility index (Phi) is 11.1. The van der Waals surface area contributed by atoms with Gasteiger partial charge in [0.15, 0.2) is 0 Å². The van der Waals surface area contributed by atoms with Crippen LogP contribution in [0.15, 0.2) is 30.3 Å². The highest BCUT2D eigenvalue weighted by Crippen LogP contribution is 2.11. The van der Waals surface area contributed by atoms with Crippen LogP contribution in [0.2, 0.25) is 0 Å². The normalized spacial score (nSPS) is 15.1. The lowest BCUT2D eigenvalue weighted by Gasteiger charge is -2.16. The van der Waals surface area contributed by atoms with Crippen LogP contribution in [0.1, 0.15) is 46.1 Å². The highest BCUT2D eigenvalue weighted by Gasteiger charge is 2.06. The third kappa shape index (κ3) is 8.93. The van der Waals surface area contributed by atoms with Crippen LogP contribution in [-0.2, 0) is 11.2 Å². The standard InChI is InChI=1S/C8H10.C6H12O.C2H6/c1-2-8-6-4-3-5-7-8;1-6-2-4-7-5-3-6;1-2/h3-7H,2H2,1H3;6H,2-5H2,1H3;1-2H3. The number of benzene rings is 1. The molecular formula is C16H28O.